The van der Waals surface area contributed by atoms with Crippen molar-refractivity contribution in [3.05, 3.63) is 53.6 Å². The van der Waals surface area contributed by atoms with Crippen LogP contribution >= 0.6 is 11.8 Å². The maximum Gasteiger partial charge on any atom is 0.243 e. The van der Waals surface area contributed by atoms with Crippen LogP contribution in [0.3, 0.4) is 0 Å². The molecule has 0 aromatic heterocycles. The van der Waals surface area contributed by atoms with Crippen LogP contribution in [0.4, 0.5) is 0 Å². The van der Waals surface area contributed by atoms with Crippen molar-refractivity contribution in [1.29, 1.82) is 0 Å². The first-order chi connectivity index (χ1) is 13.6. The molecule has 2 rings (SSSR count). The predicted octanol–water partition coefficient (Wildman–Crippen LogP) is 3.23. The van der Waals surface area contributed by atoms with Crippen molar-refractivity contribution in [2.45, 2.75) is 36.6 Å². The normalized spacial score (nSPS) is 12.6. The van der Waals surface area contributed by atoms with Crippen molar-refractivity contribution in [3.63, 3.8) is 0 Å². The Bertz CT molecular complexity index is 944. The Hall–Kier alpha value is -2.03. The predicted molar refractivity (Wildman–Crippen MR) is 117 cm³/mol. The summed E-state index contributed by atoms with van der Waals surface area (Å²) in [5, 5.41) is 2.78. The summed E-state index contributed by atoms with van der Waals surface area (Å²) in [5.41, 5.74) is 2.32. The van der Waals surface area contributed by atoms with E-state index >= 15 is 0 Å². The van der Waals surface area contributed by atoms with Crippen LogP contribution < -0.4 is 10.1 Å². The standard InChI is InChI=1S/C21H28N2O4S2/c1-15-6-7-18(12-16(15)2)27-14-17(3)22-21(24)13-23(4)29(25,26)20-10-8-19(28-5)9-11-20/h6-12,17H,13-14H2,1-5H3,(H,22,24). The quantitative estimate of drug-likeness (QED) is 0.611. The Balaban J connectivity index is 1.88. The Kier molecular flexibility index (Phi) is 8.13. The lowest BCUT2D eigenvalue weighted by Gasteiger charge is -2.20. The van der Waals surface area contributed by atoms with E-state index in [1.54, 1.807) is 24.3 Å². The topological polar surface area (TPSA) is 75.7 Å². The molecule has 0 radical (unpaired) electrons. The van der Waals surface area contributed by atoms with Gasteiger partial charge in [0.15, 0.2) is 0 Å². The Morgan fingerprint density at radius 3 is 2.38 bits per heavy atom. The van der Waals surface area contributed by atoms with E-state index in [1.165, 1.54) is 24.4 Å². The summed E-state index contributed by atoms with van der Waals surface area (Å²) in [7, 11) is -2.33. The maximum absolute atomic E-state index is 12.6. The highest BCUT2D eigenvalue weighted by Crippen LogP contribution is 2.20. The summed E-state index contributed by atoms with van der Waals surface area (Å²) in [5.74, 6) is 0.357. The van der Waals surface area contributed by atoms with Gasteiger partial charge >= 0.3 is 0 Å². The van der Waals surface area contributed by atoms with E-state index in [2.05, 4.69) is 5.32 Å². The van der Waals surface area contributed by atoms with Gasteiger partial charge in [-0.2, -0.15) is 4.31 Å². The van der Waals surface area contributed by atoms with Gasteiger partial charge in [0.05, 0.1) is 17.5 Å². The van der Waals surface area contributed by atoms with E-state index in [9.17, 15) is 13.2 Å². The largest absolute Gasteiger partial charge is 0.491 e. The third-order valence-electron chi connectivity index (χ3n) is 4.52. The second-order valence-corrected chi connectivity index (χ2v) is 9.89. The molecule has 0 heterocycles. The van der Waals surface area contributed by atoms with Crippen LogP contribution in [-0.4, -0.2) is 51.1 Å². The summed E-state index contributed by atoms with van der Waals surface area (Å²) >= 11 is 1.53. The van der Waals surface area contributed by atoms with Gasteiger partial charge in [-0.05, 0) is 74.6 Å². The van der Waals surface area contributed by atoms with Crippen molar-refractivity contribution < 1.29 is 17.9 Å². The Labute approximate surface area is 177 Å². The van der Waals surface area contributed by atoms with Crippen molar-refractivity contribution in [3.8, 4) is 5.75 Å². The Morgan fingerprint density at radius 2 is 1.79 bits per heavy atom. The van der Waals surface area contributed by atoms with E-state index in [0.717, 1.165) is 20.5 Å². The van der Waals surface area contributed by atoms with Gasteiger partial charge in [-0.1, -0.05) is 6.07 Å². The molecule has 1 atom stereocenters. The first-order valence-corrected chi connectivity index (χ1v) is 11.9. The monoisotopic (exact) mass is 436 g/mol. The van der Waals surface area contributed by atoms with Crippen LogP contribution in [0.1, 0.15) is 18.1 Å². The van der Waals surface area contributed by atoms with Crippen molar-refractivity contribution in [2.24, 2.45) is 0 Å². The van der Waals surface area contributed by atoms with Gasteiger partial charge in [0.2, 0.25) is 15.9 Å². The summed E-state index contributed by atoms with van der Waals surface area (Å²) in [4.78, 5) is 13.4. The fourth-order valence-corrected chi connectivity index (χ4v) is 4.14. The van der Waals surface area contributed by atoms with E-state index < -0.39 is 10.0 Å². The smallest absolute Gasteiger partial charge is 0.243 e. The number of carbonyl (C=O) groups is 1. The van der Waals surface area contributed by atoms with E-state index in [-0.39, 0.29) is 23.4 Å². The molecule has 158 valence electrons. The Morgan fingerprint density at radius 1 is 1.14 bits per heavy atom. The molecular formula is C21H28N2O4S2. The minimum Gasteiger partial charge on any atom is -0.491 e. The molecule has 8 heteroatoms. The molecule has 0 aliphatic rings. The average Bonchev–Trinajstić information content (AvgIpc) is 2.68. The van der Waals surface area contributed by atoms with Crippen molar-refractivity contribution in [1.82, 2.24) is 9.62 Å². The van der Waals surface area contributed by atoms with Crippen LogP contribution in [0.25, 0.3) is 0 Å². The number of ether oxygens (including phenoxy) is 1. The highest BCUT2D eigenvalue weighted by Gasteiger charge is 2.23. The number of amides is 1. The molecule has 1 N–H and O–H groups in total. The number of benzene rings is 2. The SMILES string of the molecule is CSc1ccc(S(=O)(=O)N(C)CC(=O)NC(C)COc2ccc(C)c(C)c2)cc1. The third-order valence-corrected chi connectivity index (χ3v) is 7.08. The molecule has 0 saturated heterocycles. The molecule has 0 bridgehead atoms. The van der Waals surface area contributed by atoms with Crippen LogP contribution in [0.5, 0.6) is 5.75 Å². The number of carbonyl (C=O) groups excluding carboxylic acids is 1. The van der Waals surface area contributed by atoms with E-state index in [4.69, 9.17) is 4.74 Å². The van der Waals surface area contributed by atoms with E-state index in [1.807, 2.05) is 45.2 Å². The number of nitrogens with one attached hydrogen (secondary N) is 1. The lowest BCUT2D eigenvalue weighted by molar-refractivity contribution is -0.121. The van der Waals surface area contributed by atoms with Gasteiger partial charge in [-0.25, -0.2) is 8.42 Å². The van der Waals surface area contributed by atoms with Crippen molar-refractivity contribution >= 4 is 27.7 Å². The van der Waals surface area contributed by atoms with Gasteiger partial charge in [0, 0.05) is 11.9 Å². The maximum atomic E-state index is 12.6. The molecule has 2 aromatic carbocycles. The fraction of sp³-hybridized carbons (Fsp3) is 0.381. The second-order valence-electron chi connectivity index (χ2n) is 6.96. The van der Waals surface area contributed by atoms with Gasteiger partial charge in [0.25, 0.3) is 0 Å². The number of sulfonamides is 1. The van der Waals surface area contributed by atoms with Crippen molar-refractivity contribution in [2.75, 3.05) is 26.5 Å². The molecular weight excluding hydrogens is 408 g/mol. The number of likely N-dealkylation sites (N-methyl/N-ethyl adjacent to an activating group) is 1. The first kappa shape index (κ1) is 23.3. The number of thioether (sulfide) groups is 1. The molecule has 2 aromatic rings. The molecule has 6 nitrogen and oxygen atoms in total. The van der Waals surface area contributed by atoms with Gasteiger partial charge < -0.3 is 10.1 Å². The molecule has 1 amide bonds. The highest BCUT2D eigenvalue weighted by molar-refractivity contribution is 7.98. The molecule has 0 saturated carbocycles. The van der Waals surface area contributed by atoms with Gasteiger partial charge in [0.1, 0.15) is 12.4 Å². The molecule has 1 unspecified atom stereocenters. The molecule has 0 aliphatic carbocycles. The zero-order chi connectivity index (χ0) is 21.6. The third kappa shape index (κ3) is 6.48. The number of hydrogen-bond acceptors (Lipinski definition) is 5. The number of rotatable bonds is 9. The minimum absolute atomic E-state index is 0.164. The molecule has 0 fully saturated rings. The van der Waals surface area contributed by atoms with Crippen LogP contribution in [0.15, 0.2) is 52.3 Å². The highest BCUT2D eigenvalue weighted by atomic mass is 32.2. The number of nitrogens with zero attached hydrogens (tertiary/aromatic N) is 1. The molecule has 0 aliphatic heterocycles. The van der Waals surface area contributed by atoms with Gasteiger partial charge in [-0.3, -0.25) is 4.79 Å². The summed E-state index contributed by atoms with van der Waals surface area (Å²) in [6.45, 7) is 5.89. The van der Waals surface area contributed by atoms with Crippen LogP contribution in [0, 0.1) is 13.8 Å². The van der Waals surface area contributed by atoms with E-state index in [0.29, 0.717) is 6.61 Å². The average molecular weight is 437 g/mol. The summed E-state index contributed by atoms with van der Waals surface area (Å²) < 4.78 is 32.0. The lowest BCUT2D eigenvalue weighted by Crippen LogP contribution is -2.43. The van der Waals surface area contributed by atoms with Crippen LogP contribution in [0.2, 0.25) is 0 Å². The zero-order valence-electron chi connectivity index (χ0n) is 17.4. The lowest BCUT2D eigenvalue weighted by atomic mass is 10.1. The summed E-state index contributed by atoms with van der Waals surface area (Å²) in [6.07, 6.45) is 1.92. The zero-order valence-corrected chi connectivity index (χ0v) is 19.1. The number of aryl methyl sites for hydroxylation is 2. The first-order valence-electron chi connectivity index (χ1n) is 9.23. The summed E-state index contributed by atoms with van der Waals surface area (Å²) in [6, 6.07) is 12.2. The fourth-order valence-electron chi connectivity index (χ4n) is 2.60. The number of hydrogen-bond donors (Lipinski definition) is 1. The van der Waals surface area contributed by atoms with Crippen LogP contribution in [-0.2, 0) is 14.8 Å². The molecule has 0 spiro atoms. The molecule has 29 heavy (non-hydrogen) atoms. The minimum atomic E-state index is -3.73. The van der Waals surface area contributed by atoms with Gasteiger partial charge in [-0.15, -0.1) is 11.8 Å². The second kappa shape index (κ2) is 10.1.